The van der Waals surface area contributed by atoms with Crippen molar-refractivity contribution >= 4 is 11.6 Å². The minimum atomic E-state index is 0.0817. The summed E-state index contributed by atoms with van der Waals surface area (Å²) in [5, 5.41) is 7.37. The molecule has 2 aliphatic heterocycles. The topological polar surface area (TPSA) is 35.6 Å². The van der Waals surface area contributed by atoms with Gasteiger partial charge in [-0.1, -0.05) is 12.1 Å². The maximum absolute atomic E-state index is 11.6. The zero-order valence-corrected chi connectivity index (χ0v) is 11.6. The van der Waals surface area contributed by atoms with Gasteiger partial charge in [0.25, 0.3) is 0 Å². The van der Waals surface area contributed by atoms with Crippen molar-refractivity contribution in [2.75, 3.05) is 25.1 Å². The molecule has 0 radical (unpaired) electrons. The summed E-state index contributed by atoms with van der Waals surface area (Å²) < 4.78 is 0. The molecule has 1 aromatic carbocycles. The average molecular weight is 259 g/mol. The zero-order chi connectivity index (χ0) is 13.5. The number of hydrogen-bond acceptors (Lipinski definition) is 3. The van der Waals surface area contributed by atoms with Crippen molar-refractivity contribution in [1.82, 2.24) is 10.3 Å². The van der Waals surface area contributed by atoms with Crippen LogP contribution in [0.1, 0.15) is 31.7 Å². The molecule has 1 atom stereocenters. The van der Waals surface area contributed by atoms with E-state index < -0.39 is 0 Å². The highest BCUT2D eigenvalue weighted by Gasteiger charge is 2.31. The molecular formula is C15H21N3O. The van der Waals surface area contributed by atoms with Gasteiger partial charge in [-0.25, -0.2) is 0 Å². The molecule has 1 unspecified atom stereocenters. The number of nitrogens with zero attached hydrogens (tertiary/aromatic N) is 2. The molecule has 2 fully saturated rings. The van der Waals surface area contributed by atoms with Gasteiger partial charge in [0.15, 0.2) is 0 Å². The maximum Gasteiger partial charge on any atom is 0.242 e. The van der Waals surface area contributed by atoms with Crippen LogP contribution in [0, 0.1) is 0 Å². The van der Waals surface area contributed by atoms with Crippen LogP contribution < -0.4 is 10.3 Å². The molecule has 0 aliphatic carbocycles. The van der Waals surface area contributed by atoms with Gasteiger partial charge in [0.2, 0.25) is 5.91 Å². The van der Waals surface area contributed by atoms with E-state index in [0.29, 0.717) is 6.42 Å². The van der Waals surface area contributed by atoms with E-state index in [1.807, 2.05) is 7.05 Å². The van der Waals surface area contributed by atoms with Crippen LogP contribution in [-0.2, 0) is 10.3 Å². The molecule has 4 nitrogen and oxygen atoms in total. The van der Waals surface area contributed by atoms with Gasteiger partial charge in [-0.15, -0.1) is 0 Å². The SMILES string of the molecule is CN1C(=O)CCN1c1cccc(C2(C)CCCN2)c1. The Morgan fingerprint density at radius 2 is 2.21 bits per heavy atom. The first-order valence-electron chi connectivity index (χ1n) is 7.00. The fourth-order valence-electron chi connectivity index (χ4n) is 3.10. The van der Waals surface area contributed by atoms with Crippen LogP contribution in [0.15, 0.2) is 24.3 Å². The predicted octanol–water partition coefficient (Wildman–Crippen LogP) is 1.87. The van der Waals surface area contributed by atoms with Gasteiger partial charge in [-0.3, -0.25) is 14.8 Å². The Balaban J connectivity index is 1.90. The second-order valence-corrected chi connectivity index (χ2v) is 5.70. The van der Waals surface area contributed by atoms with Crippen molar-refractivity contribution in [2.45, 2.75) is 31.7 Å². The van der Waals surface area contributed by atoms with Crippen molar-refractivity contribution in [2.24, 2.45) is 0 Å². The number of anilines is 1. The maximum atomic E-state index is 11.6. The van der Waals surface area contributed by atoms with E-state index >= 15 is 0 Å². The number of nitrogens with one attached hydrogen (secondary N) is 1. The van der Waals surface area contributed by atoms with Crippen LogP contribution in [0.4, 0.5) is 5.69 Å². The summed E-state index contributed by atoms with van der Waals surface area (Å²) >= 11 is 0. The van der Waals surface area contributed by atoms with Crippen molar-refractivity contribution in [3.05, 3.63) is 29.8 Å². The molecule has 1 aromatic rings. The number of rotatable bonds is 2. The Hall–Kier alpha value is -1.55. The molecule has 0 aromatic heterocycles. The van der Waals surface area contributed by atoms with Crippen LogP contribution in [-0.4, -0.2) is 31.1 Å². The van der Waals surface area contributed by atoms with Crippen molar-refractivity contribution in [3.8, 4) is 0 Å². The Kier molecular flexibility index (Phi) is 2.97. The number of carbonyl (C=O) groups excluding carboxylic acids is 1. The van der Waals surface area contributed by atoms with E-state index in [-0.39, 0.29) is 11.4 Å². The van der Waals surface area contributed by atoms with Crippen LogP contribution >= 0.6 is 0 Å². The number of amides is 1. The summed E-state index contributed by atoms with van der Waals surface area (Å²) in [6.45, 7) is 4.13. The summed E-state index contributed by atoms with van der Waals surface area (Å²) in [4.78, 5) is 11.6. The van der Waals surface area contributed by atoms with Crippen LogP contribution in [0.3, 0.4) is 0 Å². The third-order valence-corrected chi connectivity index (χ3v) is 4.41. The molecule has 0 spiro atoms. The van der Waals surface area contributed by atoms with Gasteiger partial charge in [0.1, 0.15) is 0 Å². The van der Waals surface area contributed by atoms with Gasteiger partial charge >= 0.3 is 0 Å². The lowest BCUT2D eigenvalue weighted by Crippen LogP contribution is -2.36. The van der Waals surface area contributed by atoms with Gasteiger partial charge in [0.05, 0.1) is 5.69 Å². The first kappa shape index (κ1) is 12.5. The number of hydrazine groups is 1. The van der Waals surface area contributed by atoms with Crippen LogP contribution in [0.5, 0.6) is 0 Å². The minimum Gasteiger partial charge on any atom is -0.308 e. The Labute approximate surface area is 114 Å². The summed E-state index contributed by atoms with van der Waals surface area (Å²) in [6, 6.07) is 8.57. The highest BCUT2D eigenvalue weighted by atomic mass is 16.2. The quantitative estimate of drug-likeness (QED) is 0.880. The van der Waals surface area contributed by atoms with Crippen molar-refractivity contribution in [1.29, 1.82) is 0 Å². The van der Waals surface area contributed by atoms with E-state index in [1.54, 1.807) is 5.01 Å². The monoisotopic (exact) mass is 259 g/mol. The molecule has 4 heteroatoms. The number of benzene rings is 1. The smallest absolute Gasteiger partial charge is 0.242 e. The van der Waals surface area contributed by atoms with Gasteiger partial charge in [-0.2, -0.15) is 0 Å². The molecule has 102 valence electrons. The van der Waals surface area contributed by atoms with E-state index in [0.717, 1.165) is 18.8 Å². The van der Waals surface area contributed by atoms with Gasteiger partial charge < -0.3 is 5.32 Å². The fraction of sp³-hybridized carbons (Fsp3) is 0.533. The second-order valence-electron chi connectivity index (χ2n) is 5.70. The zero-order valence-electron chi connectivity index (χ0n) is 11.6. The van der Waals surface area contributed by atoms with Crippen LogP contribution in [0.25, 0.3) is 0 Å². The number of hydrogen-bond donors (Lipinski definition) is 1. The summed E-state index contributed by atoms with van der Waals surface area (Å²) in [5.74, 6) is 0.190. The molecule has 0 saturated carbocycles. The lowest BCUT2D eigenvalue weighted by Gasteiger charge is -2.29. The average Bonchev–Trinajstić information content (AvgIpc) is 2.99. The first-order valence-corrected chi connectivity index (χ1v) is 7.00. The molecule has 0 bridgehead atoms. The van der Waals surface area contributed by atoms with E-state index in [4.69, 9.17) is 0 Å². The second kappa shape index (κ2) is 4.53. The molecule has 2 aliphatic rings. The molecule has 19 heavy (non-hydrogen) atoms. The predicted molar refractivity (Wildman–Crippen MR) is 75.8 cm³/mol. The standard InChI is InChI=1S/C15H21N3O/c1-15(8-4-9-16-15)12-5-3-6-13(11-12)18-10-7-14(19)17(18)2/h3,5-6,11,16H,4,7-10H2,1-2H3. The summed E-state index contributed by atoms with van der Waals surface area (Å²) in [6.07, 6.45) is 3.00. The Morgan fingerprint density at radius 1 is 1.37 bits per heavy atom. The van der Waals surface area contributed by atoms with Crippen LogP contribution in [0.2, 0.25) is 0 Å². The Morgan fingerprint density at radius 3 is 2.84 bits per heavy atom. The lowest BCUT2D eigenvalue weighted by atomic mass is 9.90. The molecule has 1 N–H and O–H groups in total. The summed E-state index contributed by atoms with van der Waals surface area (Å²) in [7, 11) is 1.84. The molecule has 1 amide bonds. The molecule has 2 saturated heterocycles. The van der Waals surface area contributed by atoms with Crippen molar-refractivity contribution < 1.29 is 4.79 Å². The van der Waals surface area contributed by atoms with Crippen molar-refractivity contribution in [3.63, 3.8) is 0 Å². The third-order valence-electron chi connectivity index (χ3n) is 4.41. The van der Waals surface area contributed by atoms with E-state index in [2.05, 4.69) is 41.5 Å². The Bertz CT molecular complexity index is 494. The largest absolute Gasteiger partial charge is 0.308 e. The lowest BCUT2D eigenvalue weighted by molar-refractivity contribution is -0.126. The summed E-state index contributed by atoms with van der Waals surface area (Å²) in [5.41, 5.74) is 2.51. The first-order chi connectivity index (χ1) is 9.10. The van der Waals surface area contributed by atoms with Gasteiger partial charge in [0, 0.05) is 25.6 Å². The minimum absolute atomic E-state index is 0.0817. The highest BCUT2D eigenvalue weighted by molar-refractivity contribution is 5.81. The van der Waals surface area contributed by atoms with E-state index in [9.17, 15) is 4.79 Å². The number of carbonyl (C=O) groups is 1. The third kappa shape index (κ3) is 2.10. The van der Waals surface area contributed by atoms with E-state index in [1.165, 1.54) is 18.4 Å². The highest BCUT2D eigenvalue weighted by Crippen LogP contribution is 2.33. The molecular weight excluding hydrogens is 238 g/mol. The molecule has 3 rings (SSSR count). The fourth-order valence-corrected chi connectivity index (χ4v) is 3.10. The van der Waals surface area contributed by atoms with Gasteiger partial charge in [-0.05, 0) is 44.0 Å². The molecule has 2 heterocycles. The normalized spacial score (nSPS) is 27.4.